The van der Waals surface area contributed by atoms with Crippen LogP contribution < -0.4 is 9.47 Å². The largest absolute Gasteiger partial charge is 0.490 e. The normalized spacial score (nSPS) is 14.0. The van der Waals surface area contributed by atoms with Crippen LogP contribution >= 0.6 is 11.3 Å². The molecule has 9 nitrogen and oxygen atoms in total. The Labute approximate surface area is 194 Å². The van der Waals surface area contributed by atoms with E-state index in [4.69, 9.17) is 14.2 Å². The molecule has 0 spiro atoms. The first kappa shape index (κ1) is 22.7. The van der Waals surface area contributed by atoms with Crippen LogP contribution in [0.1, 0.15) is 17.5 Å². The number of carbonyl (C=O) groups excluding carboxylic acids is 1. The summed E-state index contributed by atoms with van der Waals surface area (Å²) in [5.41, 5.74) is 1.63. The van der Waals surface area contributed by atoms with Crippen molar-refractivity contribution in [3.8, 4) is 11.5 Å². The van der Waals surface area contributed by atoms with Crippen LogP contribution in [0, 0.1) is 10.1 Å². The number of ether oxygens (including phenoxy) is 3. The van der Waals surface area contributed by atoms with Crippen LogP contribution in [0.15, 0.2) is 36.4 Å². The van der Waals surface area contributed by atoms with Gasteiger partial charge in [0.05, 0.1) is 35.0 Å². The van der Waals surface area contributed by atoms with Gasteiger partial charge in [-0.2, -0.15) is 0 Å². The maximum Gasteiger partial charge on any atom is 0.270 e. The second-order valence-corrected chi connectivity index (χ2v) is 8.28. The first-order valence-electron chi connectivity index (χ1n) is 10.5. The standard InChI is InChI=1S/C23H23N3O6S/c1-2-31-20-13-16(3-7-19(20)32-15-23(27)25-9-11-30-12-10-25)4-8-22-24-18-6-5-17(26(28)29)14-21(18)33-22/h3-8,13-14H,2,9-12,15H2,1H3. The minimum atomic E-state index is -0.415. The van der Waals surface area contributed by atoms with Gasteiger partial charge in [0.1, 0.15) is 5.01 Å². The topological polar surface area (TPSA) is 104 Å². The van der Waals surface area contributed by atoms with Crippen LogP contribution in [0.4, 0.5) is 5.69 Å². The molecule has 0 unspecified atom stereocenters. The molecule has 0 saturated carbocycles. The van der Waals surface area contributed by atoms with Crippen LogP contribution in [-0.4, -0.2) is 60.2 Å². The van der Waals surface area contributed by atoms with E-state index in [-0.39, 0.29) is 18.2 Å². The van der Waals surface area contributed by atoms with Gasteiger partial charge < -0.3 is 19.1 Å². The molecule has 0 bridgehead atoms. The molecule has 1 aliphatic heterocycles. The summed E-state index contributed by atoms with van der Waals surface area (Å²) in [5, 5.41) is 11.7. The zero-order valence-corrected chi connectivity index (χ0v) is 18.9. The Morgan fingerprint density at radius 2 is 2.00 bits per heavy atom. The molecule has 1 amide bonds. The summed E-state index contributed by atoms with van der Waals surface area (Å²) in [7, 11) is 0. The number of nitro groups is 1. The van der Waals surface area contributed by atoms with Gasteiger partial charge in [-0.25, -0.2) is 4.98 Å². The van der Waals surface area contributed by atoms with E-state index in [9.17, 15) is 14.9 Å². The van der Waals surface area contributed by atoms with Crippen molar-refractivity contribution >= 4 is 45.3 Å². The average Bonchev–Trinajstić information content (AvgIpc) is 3.25. The Kier molecular flexibility index (Phi) is 7.16. The first-order valence-corrected chi connectivity index (χ1v) is 11.3. The molecule has 172 valence electrons. The predicted molar refractivity (Wildman–Crippen MR) is 126 cm³/mol. The first-order chi connectivity index (χ1) is 16.0. The number of aromatic nitrogens is 1. The minimum Gasteiger partial charge on any atom is -0.490 e. The lowest BCUT2D eigenvalue weighted by Gasteiger charge is -2.26. The third-order valence-corrected chi connectivity index (χ3v) is 5.98. The zero-order valence-electron chi connectivity index (χ0n) is 18.1. The van der Waals surface area contributed by atoms with Crippen LogP contribution in [0.5, 0.6) is 11.5 Å². The predicted octanol–water partition coefficient (Wildman–Crippen LogP) is 4.01. The maximum atomic E-state index is 12.3. The van der Waals surface area contributed by atoms with E-state index in [0.29, 0.717) is 49.9 Å². The highest BCUT2D eigenvalue weighted by Gasteiger charge is 2.18. The number of amides is 1. The fraction of sp³-hybridized carbons (Fsp3) is 0.304. The molecule has 2 heterocycles. The SMILES string of the molecule is CCOc1cc(C=Cc2nc3ccc([N+](=O)[O-])cc3s2)ccc1OCC(=O)N1CCOCC1. The molecule has 33 heavy (non-hydrogen) atoms. The van der Waals surface area contributed by atoms with Crippen LogP contribution in [0.2, 0.25) is 0 Å². The smallest absolute Gasteiger partial charge is 0.270 e. The van der Waals surface area contributed by atoms with E-state index in [1.165, 1.54) is 23.5 Å². The highest BCUT2D eigenvalue weighted by Crippen LogP contribution is 2.31. The lowest BCUT2D eigenvalue weighted by molar-refractivity contribution is -0.384. The van der Waals surface area contributed by atoms with E-state index >= 15 is 0 Å². The van der Waals surface area contributed by atoms with E-state index in [1.54, 1.807) is 17.0 Å². The number of nitro benzene ring substituents is 1. The molecule has 0 aliphatic carbocycles. The lowest BCUT2D eigenvalue weighted by Crippen LogP contribution is -2.43. The van der Waals surface area contributed by atoms with Crippen molar-refractivity contribution in [2.24, 2.45) is 0 Å². The molecular formula is C23H23N3O6S. The molecule has 4 rings (SSSR count). The molecular weight excluding hydrogens is 446 g/mol. The number of thiazole rings is 1. The number of carbonyl (C=O) groups is 1. The van der Waals surface area contributed by atoms with Crippen molar-refractivity contribution in [2.45, 2.75) is 6.92 Å². The van der Waals surface area contributed by atoms with Gasteiger partial charge in [0.15, 0.2) is 18.1 Å². The van der Waals surface area contributed by atoms with Crippen molar-refractivity contribution in [3.63, 3.8) is 0 Å². The number of nitrogens with zero attached hydrogens (tertiary/aromatic N) is 3. The number of fused-ring (bicyclic) bond motifs is 1. The third-order valence-electron chi connectivity index (χ3n) is 5.00. The quantitative estimate of drug-likeness (QED) is 0.363. The van der Waals surface area contributed by atoms with Crippen molar-refractivity contribution in [2.75, 3.05) is 39.5 Å². The van der Waals surface area contributed by atoms with Crippen molar-refractivity contribution in [1.29, 1.82) is 0 Å². The van der Waals surface area contributed by atoms with Crippen molar-refractivity contribution in [3.05, 3.63) is 57.1 Å². The summed E-state index contributed by atoms with van der Waals surface area (Å²) < 4.78 is 17.5. The minimum absolute atomic E-state index is 0.0470. The summed E-state index contributed by atoms with van der Waals surface area (Å²) in [5.74, 6) is 0.970. The Morgan fingerprint density at radius 1 is 1.18 bits per heavy atom. The number of benzene rings is 2. The summed E-state index contributed by atoms with van der Waals surface area (Å²) in [6, 6.07) is 10.1. The molecule has 0 atom stereocenters. The summed E-state index contributed by atoms with van der Waals surface area (Å²) in [6.07, 6.45) is 3.74. The molecule has 2 aromatic carbocycles. The molecule has 1 aliphatic rings. The summed E-state index contributed by atoms with van der Waals surface area (Å²) >= 11 is 1.38. The zero-order chi connectivity index (χ0) is 23.2. The van der Waals surface area contributed by atoms with Crippen LogP contribution in [0.3, 0.4) is 0 Å². The van der Waals surface area contributed by atoms with Crippen LogP contribution in [-0.2, 0) is 9.53 Å². The van der Waals surface area contributed by atoms with Gasteiger partial charge in [-0.05, 0) is 36.8 Å². The van der Waals surface area contributed by atoms with E-state index < -0.39 is 4.92 Å². The van der Waals surface area contributed by atoms with Gasteiger partial charge in [0.25, 0.3) is 11.6 Å². The van der Waals surface area contributed by atoms with Crippen molar-refractivity contribution < 1.29 is 23.9 Å². The van der Waals surface area contributed by atoms with Gasteiger partial charge >= 0.3 is 0 Å². The van der Waals surface area contributed by atoms with Gasteiger partial charge in [0, 0.05) is 25.2 Å². The van der Waals surface area contributed by atoms with Gasteiger partial charge in [-0.3, -0.25) is 14.9 Å². The molecule has 10 heteroatoms. The summed E-state index contributed by atoms with van der Waals surface area (Å²) in [4.78, 5) is 29.1. The Hall–Kier alpha value is -3.50. The van der Waals surface area contributed by atoms with E-state index in [2.05, 4.69) is 4.98 Å². The van der Waals surface area contributed by atoms with Gasteiger partial charge in [0.2, 0.25) is 0 Å². The number of morpholine rings is 1. The number of rotatable bonds is 8. The molecule has 0 N–H and O–H groups in total. The second-order valence-electron chi connectivity index (χ2n) is 7.22. The highest BCUT2D eigenvalue weighted by atomic mass is 32.1. The number of hydrogen-bond donors (Lipinski definition) is 0. The lowest BCUT2D eigenvalue weighted by atomic mass is 10.2. The molecule has 1 saturated heterocycles. The Morgan fingerprint density at radius 3 is 2.76 bits per heavy atom. The summed E-state index contributed by atoms with van der Waals surface area (Å²) in [6.45, 7) is 4.51. The highest BCUT2D eigenvalue weighted by molar-refractivity contribution is 7.19. The van der Waals surface area contributed by atoms with E-state index in [0.717, 1.165) is 15.3 Å². The third kappa shape index (κ3) is 5.65. The van der Waals surface area contributed by atoms with Crippen LogP contribution in [0.25, 0.3) is 22.4 Å². The number of hydrogen-bond acceptors (Lipinski definition) is 8. The fourth-order valence-corrected chi connectivity index (χ4v) is 4.25. The van der Waals surface area contributed by atoms with E-state index in [1.807, 2.05) is 31.2 Å². The Bertz CT molecular complexity index is 1190. The molecule has 1 aromatic heterocycles. The molecule has 3 aromatic rings. The monoisotopic (exact) mass is 469 g/mol. The number of non-ortho nitro benzene ring substituents is 1. The maximum absolute atomic E-state index is 12.3. The van der Waals surface area contributed by atoms with Crippen molar-refractivity contribution in [1.82, 2.24) is 9.88 Å². The van der Waals surface area contributed by atoms with Gasteiger partial charge in [-0.15, -0.1) is 11.3 Å². The molecule has 1 fully saturated rings. The van der Waals surface area contributed by atoms with Gasteiger partial charge in [-0.1, -0.05) is 12.1 Å². The molecule has 0 radical (unpaired) electrons. The fourth-order valence-electron chi connectivity index (χ4n) is 3.34. The Balaban J connectivity index is 1.46. The average molecular weight is 470 g/mol. The second kappa shape index (κ2) is 10.4.